The normalized spacial score (nSPS) is 20.8. The first-order chi connectivity index (χ1) is 19.0. The molecule has 9 nitrogen and oxygen atoms in total. The molecule has 10 heteroatoms. The number of pyridine rings is 1. The van der Waals surface area contributed by atoms with Gasteiger partial charge in [0.25, 0.3) is 5.91 Å². The number of nitrogens with one attached hydrogen (secondary N) is 2. The van der Waals surface area contributed by atoms with Gasteiger partial charge in [-0.05, 0) is 74.0 Å². The van der Waals surface area contributed by atoms with E-state index in [9.17, 15) is 9.59 Å². The lowest BCUT2D eigenvalue weighted by atomic mass is 9.94. The number of carbonyl (C=O) groups excluding carboxylic acids is 1. The summed E-state index contributed by atoms with van der Waals surface area (Å²) in [6, 6.07) is 8.84. The third kappa shape index (κ3) is 4.73. The topological polar surface area (TPSA) is 97.2 Å². The van der Waals surface area contributed by atoms with E-state index in [1.807, 2.05) is 9.47 Å². The van der Waals surface area contributed by atoms with Crippen LogP contribution in [0.2, 0.25) is 0 Å². The highest BCUT2D eigenvalue weighted by molar-refractivity contribution is 6.00. The summed E-state index contributed by atoms with van der Waals surface area (Å²) in [5.74, 6) is 0.330. The molecule has 1 aromatic heterocycles. The number of anilines is 1. The number of halogens is 1. The maximum atomic E-state index is 15.8. The van der Waals surface area contributed by atoms with Crippen LogP contribution < -0.4 is 30.5 Å². The fourth-order valence-electron chi connectivity index (χ4n) is 5.88. The average molecular weight is 534 g/mol. The van der Waals surface area contributed by atoms with Gasteiger partial charge in [-0.2, -0.15) is 5.10 Å². The van der Waals surface area contributed by atoms with Gasteiger partial charge in [0.05, 0.1) is 31.3 Å². The average Bonchev–Trinajstić information content (AvgIpc) is 3.71. The second-order valence-electron chi connectivity index (χ2n) is 10.5. The minimum atomic E-state index is -0.654. The fourth-order valence-corrected chi connectivity index (χ4v) is 5.88. The Morgan fingerprint density at radius 1 is 1.15 bits per heavy atom. The van der Waals surface area contributed by atoms with Gasteiger partial charge in [-0.1, -0.05) is 0 Å². The lowest BCUT2D eigenvalue weighted by molar-refractivity contribution is 0.0953. The summed E-state index contributed by atoms with van der Waals surface area (Å²) in [6.07, 6.45) is 7.08. The zero-order valence-electron chi connectivity index (χ0n) is 22.1. The lowest BCUT2D eigenvalue weighted by Gasteiger charge is -2.25. The van der Waals surface area contributed by atoms with Crippen molar-refractivity contribution in [3.63, 3.8) is 0 Å². The zero-order valence-corrected chi connectivity index (χ0v) is 22.1. The molecule has 0 spiro atoms. The number of fused-ring (bicyclic) bond motifs is 2. The SMILES string of the molecule is COc1ccc(/C=N/NC(=O)c2cn(C3CC3)c3c(OC)c(N4CC5CCCNC5C4)c(F)cc3c2=O)cc1. The van der Waals surface area contributed by atoms with E-state index in [0.717, 1.165) is 44.3 Å². The maximum absolute atomic E-state index is 15.8. The Labute approximate surface area is 225 Å². The summed E-state index contributed by atoms with van der Waals surface area (Å²) in [6.45, 7) is 2.39. The molecule has 204 valence electrons. The smallest absolute Gasteiger partial charge is 0.276 e. The summed E-state index contributed by atoms with van der Waals surface area (Å²) in [5, 5.41) is 7.69. The van der Waals surface area contributed by atoms with Gasteiger partial charge < -0.3 is 24.3 Å². The van der Waals surface area contributed by atoms with Crippen molar-refractivity contribution in [3.05, 3.63) is 63.7 Å². The molecule has 1 saturated carbocycles. The molecule has 3 aliphatic rings. The van der Waals surface area contributed by atoms with Crippen LogP contribution in [-0.4, -0.2) is 56.6 Å². The number of hydrogen-bond acceptors (Lipinski definition) is 7. The lowest BCUT2D eigenvalue weighted by Crippen LogP contribution is -2.40. The van der Waals surface area contributed by atoms with Crippen molar-refractivity contribution in [2.24, 2.45) is 11.0 Å². The number of aromatic nitrogens is 1. The van der Waals surface area contributed by atoms with Gasteiger partial charge >= 0.3 is 0 Å². The van der Waals surface area contributed by atoms with Gasteiger partial charge in [0.1, 0.15) is 17.0 Å². The molecule has 1 amide bonds. The summed E-state index contributed by atoms with van der Waals surface area (Å²) in [7, 11) is 3.09. The number of ether oxygens (including phenoxy) is 2. The number of hydrogen-bond donors (Lipinski definition) is 2. The van der Waals surface area contributed by atoms with E-state index in [1.165, 1.54) is 19.4 Å². The molecule has 1 aliphatic carbocycles. The van der Waals surface area contributed by atoms with Crippen LogP contribution in [0.5, 0.6) is 11.5 Å². The van der Waals surface area contributed by atoms with Gasteiger partial charge in [-0.3, -0.25) is 9.59 Å². The number of benzene rings is 2. The number of nitrogens with zero attached hydrogens (tertiary/aromatic N) is 3. The van der Waals surface area contributed by atoms with E-state index >= 15 is 4.39 Å². The van der Waals surface area contributed by atoms with E-state index < -0.39 is 17.2 Å². The van der Waals surface area contributed by atoms with Crippen molar-refractivity contribution in [2.75, 3.05) is 38.8 Å². The molecule has 2 unspecified atom stereocenters. The molecular formula is C29H32FN5O4. The van der Waals surface area contributed by atoms with Crippen LogP contribution in [-0.2, 0) is 0 Å². The minimum Gasteiger partial charge on any atom is -0.497 e. The van der Waals surface area contributed by atoms with Gasteiger partial charge in [0, 0.05) is 31.4 Å². The Bertz CT molecular complexity index is 1480. The van der Waals surface area contributed by atoms with Crippen molar-refractivity contribution >= 4 is 28.7 Å². The second kappa shape index (κ2) is 10.3. The van der Waals surface area contributed by atoms with Crippen LogP contribution in [0, 0.1) is 11.7 Å². The van der Waals surface area contributed by atoms with Crippen LogP contribution in [0.4, 0.5) is 10.1 Å². The van der Waals surface area contributed by atoms with Gasteiger partial charge in [0.15, 0.2) is 11.6 Å². The standard InChI is InChI=1S/C29H32FN5O4/c1-38-20-9-5-17(6-10-20)13-32-33-29(37)22-15-35(19-7-8-19)25-21(27(22)36)12-23(30)26(28(25)39-2)34-14-18-4-3-11-31-24(18)16-34/h5-6,9-10,12-13,15,18-19,24,31H,3-4,7-8,11,14,16H2,1-2H3,(H,33,37)/b32-13+. The van der Waals surface area contributed by atoms with Crippen LogP contribution in [0.3, 0.4) is 0 Å². The van der Waals surface area contributed by atoms with Crippen molar-refractivity contribution in [3.8, 4) is 11.5 Å². The number of hydrazone groups is 1. The third-order valence-corrected chi connectivity index (χ3v) is 8.00. The van der Waals surface area contributed by atoms with Crippen molar-refractivity contribution < 1.29 is 18.7 Å². The fraction of sp³-hybridized carbons (Fsp3) is 0.414. The molecule has 3 fully saturated rings. The Kier molecular flexibility index (Phi) is 6.72. The van der Waals surface area contributed by atoms with Crippen LogP contribution >= 0.6 is 0 Å². The summed E-state index contributed by atoms with van der Waals surface area (Å²) in [4.78, 5) is 28.6. The number of amides is 1. The van der Waals surface area contributed by atoms with Crippen molar-refractivity contribution in [2.45, 2.75) is 37.8 Å². The van der Waals surface area contributed by atoms with Crippen molar-refractivity contribution in [1.82, 2.24) is 15.3 Å². The molecule has 2 N–H and O–H groups in total. The molecule has 3 aromatic rings. The van der Waals surface area contributed by atoms with Crippen molar-refractivity contribution in [1.29, 1.82) is 0 Å². The second-order valence-corrected chi connectivity index (χ2v) is 10.5. The number of carbonyl (C=O) groups is 1. The van der Waals surface area contributed by atoms with E-state index in [0.29, 0.717) is 41.2 Å². The number of piperidine rings is 1. The first kappa shape index (κ1) is 25.4. The van der Waals surface area contributed by atoms with E-state index in [4.69, 9.17) is 9.47 Å². The predicted molar refractivity (Wildman–Crippen MR) is 148 cm³/mol. The molecule has 2 atom stereocenters. The molecule has 39 heavy (non-hydrogen) atoms. The summed E-state index contributed by atoms with van der Waals surface area (Å²) in [5.41, 5.74) is 3.46. The Hall–Kier alpha value is -3.92. The molecule has 0 bridgehead atoms. The zero-order chi connectivity index (χ0) is 27.1. The number of methoxy groups -OCH3 is 2. The molecular weight excluding hydrogens is 501 g/mol. The molecule has 2 aliphatic heterocycles. The van der Waals surface area contributed by atoms with E-state index in [-0.39, 0.29) is 17.0 Å². The third-order valence-electron chi connectivity index (χ3n) is 8.00. The predicted octanol–water partition coefficient (Wildman–Crippen LogP) is 3.44. The highest BCUT2D eigenvalue weighted by Gasteiger charge is 2.38. The Balaban J connectivity index is 1.36. The Morgan fingerprint density at radius 2 is 1.95 bits per heavy atom. The highest BCUT2D eigenvalue weighted by atomic mass is 19.1. The molecule has 2 saturated heterocycles. The Morgan fingerprint density at radius 3 is 2.64 bits per heavy atom. The van der Waals surface area contributed by atoms with Crippen LogP contribution in [0.15, 0.2) is 46.4 Å². The maximum Gasteiger partial charge on any atom is 0.276 e. The number of rotatable bonds is 7. The first-order valence-electron chi connectivity index (χ1n) is 13.4. The van der Waals surface area contributed by atoms with Gasteiger partial charge in [-0.25, -0.2) is 9.82 Å². The van der Waals surface area contributed by atoms with Crippen LogP contribution in [0.1, 0.15) is 47.6 Å². The molecule has 3 heterocycles. The monoisotopic (exact) mass is 533 g/mol. The van der Waals surface area contributed by atoms with E-state index in [1.54, 1.807) is 37.6 Å². The van der Waals surface area contributed by atoms with Gasteiger partial charge in [0.2, 0.25) is 5.43 Å². The van der Waals surface area contributed by atoms with Gasteiger partial charge in [-0.15, -0.1) is 0 Å². The molecule has 0 radical (unpaired) electrons. The van der Waals surface area contributed by atoms with E-state index in [2.05, 4.69) is 15.8 Å². The van der Waals surface area contributed by atoms with Crippen LogP contribution in [0.25, 0.3) is 10.9 Å². The summed E-state index contributed by atoms with van der Waals surface area (Å²) < 4.78 is 28.6. The quantitative estimate of drug-likeness (QED) is 0.357. The largest absolute Gasteiger partial charge is 0.497 e. The first-order valence-corrected chi connectivity index (χ1v) is 13.4. The highest BCUT2D eigenvalue weighted by Crippen LogP contribution is 2.45. The molecule has 2 aromatic carbocycles. The minimum absolute atomic E-state index is 0.0909. The summed E-state index contributed by atoms with van der Waals surface area (Å²) >= 11 is 0. The molecule has 6 rings (SSSR count).